The number of nitrogens with one attached hydrogen (secondary N) is 1. The van der Waals surface area contributed by atoms with Crippen LogP contribution in [0.3, 0.4) is 0 Å². The van der Waals surface area contributed by atoms with E-state index < -0.39 is 18.8 Å². The highest BCUT2D eigenvalue weighted by molar-refractivity contribution is 5.75. The van der Waals surface area contributed by atoms with E-state index >= 15 is 0 Å². The van der Waals surface area contributed by atoms with Crippen molar-refractivity contribution < 1.29 is 22.7 Å². The maximum atomic E-state index is 12.5. The van der Waals surface area contributed by atoms with Crippen molar-refractivity contribution in [2.24, 2.45) is 0 Å². The standard InChI is InChI=1S/C14H25F3N2O2/c1-4-21-13(20)12(18-11-5-6-11)7-8-19(10(2)3)9-14(15,16)17/h10-12,18H,4-9H2,1-3H3. The second-order valence-electron chi connectivity index (χ2n) is 5.71. The largest absolute Gasteiger partial charge is 0.465 e. The molecule has 0 spiro atoms. The van der Waals surface area contributed by atoms with Gasteiger partial charge in [-0.05, 0) is 40.0 Å². The monoisotopic (exact) mass is 310 g/mol. The van der Waals surface area contributed by atoms with Gasteiger partial charge in [-0.1, -0.05) is 0 Å². The zero-order chi connectivity index (χ0) is 16.0. The molecule has 124 valence electrons. The van der Waals surface area contributed by atoms with E-state index in [0.717, 1.165) is 12.8 Å². The van der Waals surface area contributed by atoms with E-state index in [9.17, 15) is 18.0 Å². The molecule has 1 aliphatic rings. The van der Waals surface area contributed by atoms with Gasteiger partial charge in [-0.25, -0.2) is 0 Å². The van der Waals surface area contributed by atoms with Crippen LogP contribution in [-0.2, 0) is 9.53 Å². The van der Waals surface area contributed by atoms with E-state index in [-0.39, 0.29) is 25.2 Å². The Morgan fingerprint density at radius 2 is 2.00 bits per heavy atom. The van der Waals surface area contributed by atoms with Crippen molar-refractivity contribution in [3.05, 3.63) is 0 Å². The van der Waals surface area contributed by atoms with Gasteiger partial charge in [-0.15, -0.1) is 0 Å². The molecular formula is C14H25F3N2O2. The van der Waals surface area contributed by atoms with Crippen molar-refractivity contribution in [1.29, 1.82) is 0 Å². The quantitative estimate of drug-likeness (QED) is 0.664. The summed E-state index contributed by atoms with van der Waals surface area (Å²) in [5.74, 6) is -0.375. The smallest absolute Gasteiger partial charge is 0.401 e. The normalized spacial score (nSPS) is 17.3. The predicted molar refractivity (Wildman–Crippen MR) is 74.0 cm³/mol. The number of carbonyl (C=O) groups excluding carboxylic acids is 1. The van der Waals surface area contributed by atoms with Crippen molar-refractivity contribution in [3.8, 4) is 0 Å². The van der Waals surface area contributed by atoms with Crippen molar-refractivity contribution in [3.63, 3.8) is 0 Å². The van der Waals surface area contributed by atoms with Crippen LogP contribution in [0.2, 0.25) is 0 Å². The van der Waals surface area contributed by atoms with E-state index in [4.69, 9.17) is 4.74 Å². The Labute approximate surface area is 124 Å². The Morgan fingerprint density at radius 3 is 2.43 bits per heavy atom. The van der Waals surface area contributed by atoms with Crippen molar-refractivity contribution in [2.45, 2.75) is 64.3 Å². The molecule has 7 heteroatoms. The lowest BCUT2D eigenvalue weighted by molar-refractivity contribution is -0.151. The highest BCUT2D eigenvalue weighted by Crippen LogP contribution is 2.21. The summed E-state index contributed by atoms with van der Waals surface area (Å²) in [6.07, 6.45) is -1.89. The van der Waals surface area contributed by atoms with Gasteiger partial charge in [0.25, 0.3) is 0 Å². The van der Waals surface area contributed by atoms with E-state index in [1.807, 2.05) is 0 Å². The number of nitrogens with zero attached hydrogens (tertiary/aromatic N) is 1. The Bertz CT molecular complexity index is 331. The summed E-state index contributed by atoms with van der Waals surface area (Å²) in [5, 5.41) is 3.15. The Kier molecular flexibility index (Phi) is 6.93. The Balaban J connectivity index is 2.53. The fraction of sp³-hybridized carbons (Fsp3) is 0.929. The minimum atomic E-state index is -4.23. The molecule has 0 amide bonds. The highest BCUT2D eigenvalue weighted by atomic mass is 19.4. The molecular weight excluding hydrogens is 285 g/mol. The van der Waals surface area contributed by atoms with E-state index in [2.05, 4.69) is 5.32 Å². The molecule has 0 aromatic heterocycles. The molecule has 0 aromatic rings. The first kappa shape index (κ1) is 18.2. The first-order chi connectivity index (χ1) is 9.73. The minimum Gasteiger partial charge on any atom is -0.465 e. The average Bonchev–Trinajstić information content (AvgIpc) is 3.15. The average molecular weight is 310 g/mol. The van der Waals surface area contributed by atoms with Crippen LogP contribution in [0.15, 0.2) is 0 Å². The van der Waals surface area contributed by atoms with E-state index in [1.165, 1.54) is 4.90 Å². The lowest BCUT2D eigenvalue weighted by Gasteiger charge is -2.29. The lowest BCUT2D eigenvalue weighted by Crippen LogP contribution is -2.45. The van der Waals surface area contributed by atoms with E-state index in [1.54, 1.807) is 20.8 Å². The third-order valence-electron chi connectivity index (χ3n) is 3.40. The van der Waals surface area contributed by atoms with Crippen LogP contribution in [0.25, 0.3) is 0 Å². The maximum Gasteiger partial charge on any atom is 0.401 e. The van der Waals surface area contributed by atoms with Gasteiger partial charge in [0, 0.05) is 18.6 Å². The molecule has 1 rings (SSSR count). The summed E-state index contributed by atoms with van der Waals surface area (Å²) >= 11 is 0. The zero-order valence-corrected chi connectivity index (χ0v) is 12.9. The fourth-order valence-electron chi connectivity index (χ4n) is 2.09. The summed E-state index contributed by atoms with van der Waals surface area (Å²) in [6.45, 7) is 4.69. The topological polar surface area (TPSA) is 41.6 Å². The van der Waals surface area contributed by atoms with Crippen LogP contribution < -0.4 is 5.32 Å². The number of alkyl halides is 3. The van der Waals surface area contributed by atoms with Crippen LogP contribution in [-0.4, -0.2) is 54.9 Å². The number of hydrogen-bond donors (Lipinski definition) is 1. The Hall–Kier alpha value is -0.820. The predicted octanol–water partition coefficient (Wildman–Crippen LogP) is 2.33. The molecule has 0 aromatic carbocycles. The Morgan fingerprint density at radius 1 is 1.38 bits per heavy atom. The van der Waals surface area contributed by atoms with Crippen LogP contribution in [0, 0.1) is 0 Å². The summed E-state index contributed by atoms with van der Waals surface area (Å²) < 4.78 is 42.6. The molecule has 1 saturated carbocycles. The minimum absolute atomic E-state index is 0.209. The van der Waals surface area contributed by atoms with Gasteiger partial charge in [0.15, 0.2) is 0 Å². The second-order valence-corrected chi connectivity index (χ2v) is 5.71. The van der Waals surface area contributed by atoms with Crippen LogP contribution in [0.5, 0.6) is 0 Å². The number of carbonyl (C=O) groups is 1. The summed E-state index contributed by atoms with van der Waals surface area (Å²) in [5.41, 5.74) is 0. The van der Waals surface area contributed by atoms with Gasteiger partial charge in [0.05, 0.1) is 13.2 Å². The summed E-state index contributed by atoms with van der Waals surface area (Å²) in [4.78, 5) is 13.2. The number of esters is 1. The highest BCUT2D eigenvalue weighted by Gasteiger charge is 2.33. The van der Waals surface area contributed by atoms with Gasteiger partial charge < -0.3 is 10.1 Å². The van der Waals surface area contributed by atoms with Crippen molar-refractivity contribution in [2.75, 3.05) is 19.7 Å². The summed E-state index contributed by atoms with van der Waals surface area (Å²) in [7, 11) is 0. The number of rotatable bonds is 9. The molecule has 4 nitrogen and oxygen atoms in total. The molecule has 0 bridgehead atoms. The molecule has 0 saturated heterocycles. The van der Waals surface area contributed by atoms with E-state index in [0.29, 0.717) is 12.5 Å². The molecule has 0 radical (unpaired) electrons. The van der Waals surface area contributed by atoms with Crippen LogP contribution >= 0.6 is 0 Å². The third-order valence-corrected chi connectivity index (χ3v) is 3.40. The molecule has 1 N–H and O–H groups in total. The van der Waals surface area contributed by atoms with Gasteiger partial charge in [0.1, 0.15) is 6.04 Å². The van der Waals surface area contributed by atoms with Gasteiger partial charge in [-0.2, -0.15) is 13.2 Å². The van der Waals surface area contributed by atoms with Crippen molar-refractivity contribution >= 4 is 5.97 Å². The zero-order valence-electron chi connectivity index (χ0n) is 12.9. The number of ether oxygens (including phenoxy) is 1. The molecule has 21 heavy (non-hydrogen) atoms. The molecule has 1 aliphatic carbocycles. The first-order valence-corrected chi connectivity index (χ1v) is 7.46. The number of hydrogen-bond acceptors (Lipinski definition) is 4. The first-order valence-electron chi connectivity index (χ1n) is 7.46. The SMILES string of the molecule is CCOC(=O)C(CCN(CC(F)(F)F)C(C)C)NC1CC1. The van der Waals surface area contributed by atoms with Crippen LogP contribution in [0.1, 0.15) is 40.0 Å². The van der Waals surface area contributed by atoms with Crippen molar-refractivity contribution in [1.82, 2.24) is 10.2 Å². The van der Waals surface area contributed by atoms with Gasteiger partial charge in [-0.3, -0.25) is 9.69 Å². The van der Waals surface area contributed by atoms with Gasteiger partial charge >= 0.3 is 12.1 Å². The molecule has 1 atom stereocenters. The maximum absolute atomic E-state index is 12.5. The fourth-order valence-corrected chi connectivity index (χ4v) is 2.09. The second kappa shape index (κ2) is 7.98. The van der Waals surface area contributed by atoms with Crippen LogP contribution in [0.4, 0.5) is 13.2 Å². The molecule has 0 heterocycles. The molecule has 0 aliphatic heterocycles. The molecule has 1 fully saturated rings. The molecule has 1 unspecified atom stereocenters. The lowest BCUT2D eigenvalue weighted by atomic mass is 10.1. The van der Waals surface area contributed by atoms with Gasteiger partial charge in [0.2, 0.25) is 0 Å². The third kappa shape index (κ3) is 7.66. The number of halogens is 3. The summed E-state index contributed by atoms with van der Waals surface area (Å²) in [6, 6.07) is -0.447.